The average molecular weight is 318 g/mol. The van der Waals surface area contributed by atoms with Crippen molar-refractivity contribution in [2.75, 3.05) is 5.75 Å². The lowest BCUT2D eigenvalue weighted by Gasteiger charge is -2.07. The quantitative estimate of drug-likeness (QED) is 0.819. The lowest BCUT2D eigenvalue weighted by molar-refractivity contribution is 0.577. The Labute approximate surface area is 111 Å². The number of alkyl halides is 1. The Hall–Kier alpha value is -0.390. The van der Waals surface area contributed by atoms with Gasteiger partial charge in [0.1, 0.15) is 0 Å². The van der Waals surface area contributed by atoms with Gasteiger partial charge in [-0.05, 0) is 29.9 Å². The number of halogens is 1. The van der Waals surface area contributed by atoms with Crippen LogP contribution in [0.3, 0.4) is 0 Å². The van der Waals surface area contributed by atoms with Gasteiger partial charge in [-0.2, -0.15) is 0 Å². The van der Waals surface area contributed by atoms with Gasteiger partial charge >= 0.3 is 0 Å². The first kappa shape index (κ1) is 13.1. The molecule has 1 aromatic rings. The first-order valence-corrected chi connectivity index (χ1v) is 8.47. The second kappa shape index (κ2) is 5.50. The van der Waals surface area contributed by atoms with Crippen molar-refractivity contribution in [1.29, 1.82) is 0 Å². The SMILES string of the molecule is O=S(=O)(CC1CC1)NCc1cccc(CBr)c1. The summed E-state index contributed by atoms with van der Waals surface area (Å²) in [7, 11) is -3.10. The van der Waals surface area contributed by atoms with E-state index < -0.39 is 10.0 Å². The van der Waals surface area contributed by atoms with Gasteiger partial charge in [0.25, 0.3) is 0 Å². The van der Waals surface area contributed by atoms with Gasteiger partial charge in [-0.15, -0.1) is 0 Å². The van der Waals surface area contributed by atoms with Gasteiger partial charge in [0, 0.05) is 11.9 Å². The fourth-order valence-electron chi connectivity index (χ4n) is 1.67. The smallest absolute Gasteiger partial charge is 0.212 e. The number of sulfonamides is 1. The van der Waals surface area contributed by atoms with Crippen LogP contribution < -0.4 is 4.72 Å². The van der Waals surface area contributed by atoms with E-state index >= 15 is 0 Å². The summed E-state index contributed by atoms with van der Waals surface area (Å²) in [6.07, 6.45) is 2.11. The van der Waals surface area contributed by atoms with E-state index in [0.717, 1.165) is 29.3 Å². The second-order valence-electron chi connectivity index (χ2n) is 4.50. The van der Waals surface area contributed by atoms with Gasteiger partial charge in [0.2, 0.25) is 10.0 Å². The minimum Gasteiger partial charge on any atom is -0.212 e. The molecule has 0 aliphatic heterocycles. The Bertz CT molecular complexity index is 483. The predicted octanol–water partition coefficient (Wildman–Crippen LogP) is 2.41. The van der Waals surface area contributed by atoms with E-state index in [1.165, 1.54) is 0 Å². The summed E-state index contributed by atoms with van der Waals surface area (Å²) in [6, 6.07) is 7.90. The molecule has 0 saturated heterocycles. The van der Waals surface area contributed by atoms with E-state index in [9.17, 15) is 8.42 Å². The topological polar surface area (TPSA) is 46.2 Å². The van der Waals surface area contributed by atoms with Crippen LogP contribution in [0.1, 0.15) is 24.0 Å². The fraction of sp³-hybridized carbons (Fsp3) is 0.500. The van der Waals surface area contributed by atoms with Crippen molar-refractivity contribution in [3.05, 3.63) is 35.4 Å². The Morgan fingerprint density at radius 2 is 2.00 bits per heavy atom. The van der Waals surface area contributed by atoms with E-state index in [-0.39, 0.29) is 5.75 Å². The highest BCUT2D eigenvalue weighted by molar-refractivity contribution is 9.08. The Morgan fingerprint density at radius 1 is 1.29 bits per heavy atom. The van der Waals surface area contributed by atoms with Crippen LogP contribution in [-0.2, 0) is 21.9 Å². The predicted molar refractivity (Wildman–Crippen MR) is 72.4 cm³/mol. The molecule has 0 spiro atoms. The van der Waals surface area contributed by atoms with Crippen LogP contribution in [0.4, 0.5) is 0 Å². The lowest BCUT2D eigenvalue weighted by atomic mass is 10.1. The summed E-state index contributed by atoms with van der Waals surface area (Å²) in [4.78, 5) is 0. The maximum Gasteiger partial charge on any atom is 0.212 e. The standard InChI is InChI=1S/C12H16BrNO2S/c13-7-11-2-1-3-12(6-11)8-14-17(15,16)9-10-4-5-10/h1-3,6,10,14H,4-5,7-9H2. The number of nitrogens with one attached hydrogen (secondary N) is 1. The number of hydrogen-bond donors (Lipinski definition) is 1. The molecule has 0 heterocycles. The molecule has 1 N–H and O–H groups in total. The molecule has 94 valence electrons. The highest BCUT2D eigenvalue weighted by atomic mass is 79.9. The first-order chi connectivity index (χ1) is 8.09. The molecule has 17 heavy (non-hydrogen) atoms. The molecule has 5 heteroatoms. The van der Waals surface area contributed by atoms with Crippen molar-refractivity contribution < 1.29 is 8.42 Å². The van der Waals surface area contributed by atoms with E-state index in [1.807, 2.05) is 24.3 Å². The zero-order chi connectivity index (χ0) is 12.3. The summed E-state index contributed by atoms with van der Waals surface area (Å²) in [5.41, 5.74) is 2.16. The monoisotopic (exact) mass is 317 g/mol. The third kappa shape index (κ3) is 4.41. The minimum absolute atomic E-state index is 0.283. The molecule has 3 nitrogen and oxygen atoms in total. The van der Waals surface area contributed by atoms with Crippen molar-refractivity contribution in [3.8, 4) is 0 Å². The normalized spacial score (nSPS) is 16.1. The molecule has 1 fully saturated rings. The van der Waals surface area contributed by atoms with Gasteiger partial charge in [-0.3, -0.25) is 0 Å². The number of rotatable bonds is 6. The van der Waals surface area contributed by atoms with E-state index in [1.54, 1.807) is 0 Å². The summed E-state index contributed by atoms with van der Waals surface area (Å²) < 4.78 is 26.0. The van der Waals surface area contributed by atoms with Crippen LogP contribution >= 0.6 is 15.9 Å². The first-order valence-electron chi connectivity index (χ1n) is 5.70. The maximum atomic E-state index is 11.7. The number of benzene rings is 1. The van der Waals surface area contributed by atoms with Crippen molar-refractivity contribution in [2.45, 2.75) is 24.7 Å². The summed E-state index contributed by atoms with van der Waals surface area (Å²) >= 11 is 3.38. The van der Waals surface area contributed by atoms with Crippen molar-refractivity contribution >= 4 is 26.0 Å². The molecular weight excluding hydrogens is 302 g/mol. The van der Waals surface area contributed by atoms with Crippen LogP contribution in [-0.4, -0.2) is 14.2 Å². The Morgan fingerprint density at radius 3 is 2.65 bits per heavy atom. The van der Waals surface area contributed by atoms with Crippen LogP contribution in [0, 0.1) is 5.92 Å². The summed E-state index contributed by atoms with van der Waals surface area (Å²) in [5, 5.41) is 0.787. The van der Waals surface area contributed by atoms with Crippen molar-refractivity contribution in [1.82, 2.24) is 4.72 Å². The Kier molecular flexibility index (Phi) is 4.22. The lowest BCUT2D eigenvalue weighted by Crippen LogP contribution is -2.26. The molecule has 0 aromatic heterocycles. The zero-order valence-corrected chi connectivity index (χ0v) is 11.9. The molecule has 1 aromatic carbocycles. The minimum atomic E-state index is -3.10. The van der Waals surface area contributed by atoms with Crippen molar-refractivity contribution in [2.24, 2.45) is 5.92 Å². The molecule has 0 unspecified atom stereocenters. The van der Waals surface area contributed by atoms with Gasteiger partial charge in [0.15, 0.2) is 0 Å². The van der Waals surface area contributed by atoms with E-state index in [4.69, 9.17) is 0 Å². The van der Waals surface area contributed by atoms with E-state index in [0.29, 0.717) is 12.5 Å². The van der Waals surface area contributed by atoms with Crippen LogP contribution in [0.25, 0.3) is 0 Å². The van der Waals surface area contributed by atoms with Crippen LogP contribution in [0.2, 0.25) is 0 Å². The number of hydrogen-bond acceptors (Lipinski definition) is 2. The second-order valence-corrected chi connectivity index (χ2v) is 6.91. The third-order valence-electron chi connectivity index (χ3n) is 2.79. The van der Waals surface area contributed by atoms with Gasteiger partial charge in [-0.1, -0.05) is 40.2 Å². The molecule has 1 aliphatic carbocycles. The Balaban J connectivity index is 1.91. The summed E-state index contributed by atoms with van der Waals surface area (Å²) in [5.74, 6) is 0.673. The van der Waals surface area contributed by atoms with Crippen LogP contribution in [0.15, 0.2) is 24.3 Å². The molecule has 0 amide bonds. The van der Waals surface area contributed by atoms with Gasteiger partial charge < -0.3 is 0 Å². The highest BCUT2D eigenvalue weighted by Gasteiger charge is 2.27. The zero-order valence-electron chi connectivity index (χ0n) is 9.52. The molecule has 0 radical (unpaired) electrons. The molecule has 0 atom stereocenters. The molecule has 1 aliphatic rings. The third-order valence-corrected chi connectivity index (χ3v) is 4.94. The highest BCUT2D eigenvalue weighted by Crippen LogP contribution is 2.29. The van der Waals surface area contributed by atoms with E-state index in [2.05, 4.69) is 20.7 Å². The largest absolute Gasteiger partial charge is 0.212 e. The fourth-order valence-corrected chi connectivity index (χ4v) is 3.48. The van der Waals surface area contributed by atoms with Crippen molar-refractivity contribution in [3.63, 3.8) is 0 Å². The van der Waals surface area contributed by atoms with Gasteiger partial charge in [0.05, 0.1) is 5.75 Å². The average Bonchev–Trinajstić information content (AvgIpc) is 3.10. The summed E-state index contributed by atoms with van der Waals surface area (Å²) in [6.45, 7) is 0.385. The molecule has 0 bridgehead atoms. The molecular formula is C12H16BrNO2S. The van der Waals surface area contributed by atoms with Gasteiger partial charge in [-0.25, -0.2) is 13.1 Å². The van der Waals surface area contributed by atoms with Crippen LogP contribution in [0.5, 0.6) is 0 Å². The maximum absolute atomic E-state index is 11.7. The molecule has 1 saturated carbocycles. The molecule has 2 rings (SSSR count).